The third-order valence-electron chi connectivity index (χ3n) is 2.38. The second kappa shape index (κ2) is 5.92. The smallest absolute Gasteiger partial charge is 0.234 e. The lowest BCUT2D eigenvalue weighted by Gasteiger charge is -2.07. The molecule has 1 rings (SSSR count). The highest BCUT2D eigenvalue weighted by molar-refractivity contribution is 7.91. The molecule has 18 heavy (non-hydrogen) atoms. The van der Waals surface area contributed by atoms with Gasteiger partial charge in [-0.15, -0.1) is 0 Å². The van der Waals surface area contributed by atoms with Crippen molar-refractivity contribution in [3.05, 3.63) is 35.1 Å². The normalized spacial score (nSPS) is 11.3. The summed E-state index contributed by atoms with van der Waals surface area (Å²) in [6.07, 6.45) is 0. The van der Waals surface area contributed by atoms with Gasteiger partial charge in [0.2, 0.25) is 5.91 Å². The van der Waals surface area contributed by atoms with E-state index in [-0.39, 0.29) is 17.7 Å². The number of halogens is 1. The summed E-state index contributed by atoms with van der Waals surface area (Å²) in [5.41, 5.74) is 5.61. The minimum absolute atomic E-state index is 0.00479. The van der Waals surface area contributed by atoms with Crippen molar-refractivity contribution >= 4 is 15.7 Å². The fraction of sp³-hybridized carbons (Fsp3) is 0.364. The third-order valence-corrected chi connectivity index (χ3v) is 3.84. The van der Waals surface area contributed by atoms with E-state index in [0.717, 1.165) is 0 Å². The van der Waals surface area contributed by atoms with Crippen LogP contribution in [-0.4, -0.2) is 27.1 Å². The first-order valence-corrected chi connectivity index (χ1v) is 7.09. The summed E-state index contributed by atoms with van der Waals surface area (Å²) in [5, 5.41) is 2.21. The van der Waals surface area contributed by atoms with Gasteiger partial charge in [-0.25, -0.2) is 12.8 Å². The number of carbonyl (C=O) groups is 1. The number of carbonyl (C=O) groups excluding carboxylic acids is 1. The van der Waals surface area contributed by atoms with Gasteiger partial charge in [-0.2, -0.15) is 0 Å². The lowest BCUT2D eigenvalue weighted by molar-refractivity contribution is -0.118. The minimum atomic E-state index is -3.69. The molecule has 0 aliphatic rings. The maximum absolute atomic E-state index is 13.8. The van der Waals surface area contributed by atoms with Crippen molar-refractivity contribution in [3.63, 3.8) is 0 Å². The summed E-state index contributed by atoms with van der Waals surface area (Å²) in [4.78, 5) is 11.0. The van der Waals surface area contributed by atoms with Crippen molar-refractivity contribution in [2.45, 2.75) is 12.3 Å². The second-order valence-electron chi connectivity index (χ2n) is 3.80. The third kappa shape index (κ3) is 3.78. The summed E-state index contributed by atoms with van der Waals surface area (Å²) in [6, 6.07) is 4.40. The van der Waals surface area contributed by atoms with Gasteiger partial charge in [0, 0.05) is 24.7 Å². The summed E-state index contributed by atoms with van der Waals surface area (Å²) in [7, 11) is -2.35. The molecule has 1 aromatic carbocycles. The number of hydrogen-bond donors (Lipinski definition) is 2. The number of hydrogen-bond acceptors (Lipinski definition) is 4. The summed E-state index contributed by atoms with van der Waals surface area (Å²) in [5.74, 6) is -2.42. The lowest BCUT2D eigenvalue weighted by Crippen LogP contribution is -2.27. The van der Waals surface area contributed by atoms with E-state index in [1.807, 2.05) is 0 Å². The van der Waals surface area contributed by atoms with E-state index in [1.165, 1.54) is 25.2 Å². The summed E-state index contributed by atoms with van der Waals surface area (Å²) >= 11 is 0. The van der Waals surface area contributed by atoms with Crippen molar-refractivity contribution in [2.75, 3.05) is 12.8 Å². The Hall–Kier alpha value is -1.47. The molecule has 0 unspecified atom stereocenters. The van der Waals surface area contributed by atoms with Gasteiger partial charge in [0.05, 0.1) is 5.75 Å². The molecular formula is C11H15FN2O3S. The monoisotopic (exact) mass is 274 g/mol. The van der Waals surface area contributed by atoms with Crippen molar-refractivity contribution in [2.24, 2.45) is 5.73 Å². The highest BCUT2D eigenvalue weighted by Gasteiger charge is 2.19. The van der Waals surface area contributed by atoms with Gasteiger partial charge in [-0.3, -0.25) is 4.79 Å². The van der Waals surface area contributed by atoms with Gasteiger partial charge in [0.25, 0.3) is 0 Å². The Bertz CT molecular complexity index is 543. The van der Waals surface area contributed by atoms with Crippen molar-refractivity contribution in [1.29, 1.82) is 0 Å². The molecule has 0 saturated carbocycles. The first-order chi connectivity index (χ1) is 8.39. The van der Waals surface area contributed by atoms with Crippen LogP contribution in [0.5, 0.6) is 0 Å². The highest BCUT2D eigenvalue weighted by atomic mass is 32.2. The quantitative estimate of drug-likeness (QED) is 0.787. The summed E-state index contributed by atoms with van der Waals surface area (Å²) < 4.78 is 37.1. The molecule has 3 N–H and O–H groups in total. The van der Waals surface area contributed by atoms with Crippen molar-refractivity contribution < 1.29 is 17.6 Å². The molecule has 100 valence electrons. The molecule has 0 aromatic heterocycles. The average molecular weight is 274 g/mol. The minimum Gasteiger partial charge on any atom is -0.358 e. The topological polar surface area (TPSA) is 89.3 Å². The maximum Gasteiger partial charge on any atom is 0.234 e. The molecule has 0 heterocycles. The largest absolute Gasteiger partial charge is 0.358 e. The Morgan fingerprint density at radius 3 is 2.56 bits per heavy atom. The molecule has 7 heteroatoms. The van der Waals surface area contributed by atoms with Gasteiger partial charge in [0.1, 0.15) is 11.6 Å². The molecule has 0 aliphatic heterocycles. The Morgan fingerprint density at radius 2 is 2.00 bits per heavy atom. The molecular weight excluding hydrogens is 259 g/mol. The number of benzene rings is 1. The van der Waals surface area contributed by atoms with Crippen LogP contribution in [0.1, 0.15) is 11.1 Å². The van der Waals surface area contributed by atoms with Crippen LogP contribution in [0.4, 0.5) is 4.39 Å². The number of nitrogens with one attached hydrogen (secondary N) is 1. The first kappa shape index (κ1) is 14.6. The molecule has 5 nitrogen and oxygen atoms in total. The highest BCUT2D eigenvalue weighted by Crippen LogP contribution is 2.15. The van der Waals surface area contributed by atoms with Crippen LogP contribution < -0.4 is 11.1 Å². The van der Waals surface area contributed by atoms with Gasteiger partial charge in [-0.05, 0) is 0 Å². The maximum atomic E-state index is 13.8. The van der Waals surface area contributed by atoms with Crippen LogP contribution in [-0.2, 0) is 26.9 Å². The zero-order valence-corrected chi connectivity index (χ0v) is 10.8. The van der Waals surface area contributed by atoms with Crippen LogP contribution in [0, 0.1) is 5.82 Å². The average Bonchev–Trinajstić information content (AvgIpc) is 2.31. The van der Waals surface area contributed by atoms with Gasteiger partial charge in [-0.1, -0.05) is 18.2 Å². The van der Waals surface area contributed by atoms with E-state index in [9.17, 15) is 17.6 Å². The van der Waals surface area contributed by atoms with E-state index in [4.69, 9.17) is 5.73 Å². The van der Waals surface area contributed by atoms with E-state index in [1.54, 1.807) is 0 Å². The fourth-order valence-electron chi connectivity index (χ4n) is 1.46. The van der Waals surface area contributed by atoms with Crippen LogP contribution in [0.3, 0.4) is 0 Å². The predicted octanol–water partition coefficient (Wildman–Crippen LogP) is -0.0548. The zero-order chi connectivity index (χ0) is 13.8. The molecule has 1 aromatic rings. The SMILES string of the molecule is CNC(=O)CS(=O)(=O)Cc1cccc(CN)c1F. The lowest BCUT2D eigenvalue weighted by atomic mass is 10.1. The predicted molar refractivity (Wildman–Crippen MR) is 65.8 cm³/mol. The fourth-order valence-corrected chi connectivity index (χ4v) is 2.80. The zero-order valence-electron chi connectivity index (χ0n) is 9.94. The second-order valence-corrected chi connectivity index (χ2v) is 5.86. The molecule has 0 spiro atoms. The van der Waals surface area contributed by atoms with Crippen molar-refractivity contribution in [1.82, 2.24) is 5.32 Å². The molecule has 1 amide bonds. The first-order valence-electron chi connectivity index (χ1n) is 5.27. The van der Waals surface area contributed by atoms with Crippen LogP contribution in [0.15, 0.2) is 18.2 Å². The summed E-state index contributed by atoms with van der Waals surface area (Å²) in [6.45, 7) is -0.00479. The van der Waals surface area contributed by atoms with E-state index >= 15 is 0 Å². The van der Waals surface area contributed by atoms with Crippen molar-refractivity contribution in [3.8, 4) is 0 Å². The van der Waals surface area contributed by atoms with Crippen LogP contribution >= 0.6 is 0 Å². The molecule has 0 aliphatic carbocycles. The Morgan fingerprint density at radius 1 is 1.39 bits per heavy atom. The van der Waals surface area contributed by atoms with E-state index in [2.05, 4.69) is 5.32 Å². The van der Waals surface area contributed by atoms with E-state index in [0.29, 0.717) is 0 Å². The Labute approximate surface area is 105 Å². The Balaban J connectivity index is 2.94. The van der Waals surface area contributed by atoms with Gasteiger partial charge in [0.15, 0.2) is 9.84 Å². The van der Waals surface area contributed by atoms with Crippen LogP contribution in [0.25, 0.3) is 0 Å². The number of sulfone groups is 1. The molecule has 0 bridgehead atoms. The van der Waals surface area contributed by atoms with Gasteiger partial charge >= 0.3 is 0 Å². The van der Waals surface area contributed by atoms with Gasteiger partial charge < -0.3 is 11.1 Å². The Kier molecular flexibility index (Phi) is 4.80. The van der Waals surface area contributed by atoms with Crippen LogP contribution in [0.2, 0.25) is 0 Å². The molecule has 0 fully saturated rings. The number of rotatable bonds is 5. The number of nitrogens with two attached hydrogens (primary N) is 1. The molecule has 0 radical (unpaired) electrons. The standard InChI is InChI=1S/C11H15FN2O3S/c1-14-10(15)7-18(16,17)6-9-4-2-3-8(5-13)11(9)12/h2-4H,5-7,13H2,1H3,(H,14,15). The molecule has 0 saturated heterocycles. The molecule has 0 atom stereocenters. The van der Waals surface area contributed by atoms with E-state index < -0.39 is 33.1 Å². The number of amides is 1.